The Morgan fingerprint density at radius 2 is 2.28 bits per heavy atom. The minimum absolute atomic E-state index is 0.505. The number of anilines is 1. The van der Waals surface area contributed by atoms with Crippen LogP contribution in [-0.2, 0) is 4.65 Å². The molecule has 1 fully saturated rings. The summed E-state index contributed by atoms with van der Waals surface area (Å²) in [5.41, 5.74) is 1.06. The molecule has 1 aromatic carbocycles. The van der Waals surface area contributed by atoms with E-state index in [1.807, 2.05) is 18.2 Å². The second-order valence-electron chi connectivity index (χ2n) is 4.62. The maximum absolute atomic E-state index is 6.82. The molecule has 92 valence electrons. The third kappa shape index (κ3) is 2.33. The average Bonchev–Trinajstić information content (AvgIpc) is 2.74. The monoisotopic (exact) mass is 259 g/mol. The van der Waals surface area contributed by atoms with Crippen molar-refractivity contribution in [1.82, 2.24) is 4.98 Å². The number of nitrogens with zero attached hydrogens (tertiary/aromatic N) is 1. The van der Waals surface area contributed by atoms with Crippen molar-refractivity contribution in [2.45, 2.75) is 24.7 Å². The zero-order valence-corrected chi connectivity index (χ0v) is 10.7. The molecule has 0 amide bonds. The van der Waals surface area contributed by atoms with Crippen LogP contribution in [0.5, 0.6) is 0 Å². The van der Waals surface area contributed by atoms with Crippen molar-refractivity contribution in [3.05, 3.63) is 24.3 Å². The van der Waals surface area contributed by atoms with E-state index in [1.54, 1.807) is 11.3 Å². The van der Waals surface area contributed by atoms with E-state index in [2.05, 4.69) is 16.4 Å². The largest absolute Gasteiger partial charge is 0.557 e. The predicted molar refractivity (Wildman–Crippen MR) is 77.0 cm³/mol. The van der Waals surface area contributed by atoms with Gasteiger partial charge in [0.25, 0.3) is 0 Å². The molecule has 18 heavy (non-hydrogen) atoms. The first-order valence-electron chi connectivity index (χ1n) is 6.08. The number of benzene rings is 1. The number of fused-ring (bicyclic) bond motifs is 1. The summed E-state index contributed by atoms with van der Waals surface area (Å²) in [6, 6.07) is 8.70. The lowest BCUT2D eigenvalue weighted by Crippen LogP contribution is -2.35. The highest BCUT2D eigenvalue weighted by Gasteiger charge is 2.31. The highest BCUT2D eigenvalue weighted by Crippen LogP contribution is 2.36. The van der Waals surface area contributed by atoms with E-state index in [-0.39, 0.29) is 0 Å². The molecule has 1 aliphatic carbocycles. The van der Waals surface area contributed by atoms with Crippen molar-refractivity contribution in [1.29, 1.82) is 5.41 Å². The van der Waals surface area contributed by atoms with Crippen LogP contribution in [0.4, 0.5) is 5.13 Å². The fourth-order valence-corrected chi connectivity index (χ4v) is 3.23. The molecule has 4 nitrogen and oxygen atoms in total. The zero-order chi connectivity index (χ0) is 12.4. The van der Waals surface area contributed by atoms with Crippen molar-refractivity contribution < 1.29 is 4.65 Å². The van der Waals surface area contributed by atoms with Crippen LogP contribution in [0.3, 0.4) is 0 Å². The lowest BCUT2D eigenvalue weighted by molar-refractivity contribution is 0.414. The second kappa shape index (κ2) is 4.98. The van der Waals surface area contributed by atoms with Gasteiger partial charge < -0.3 is 9.97 Å². The Morgan fingerprint density at radius 1 is 1.44 bits per heavy atom. The minimum atomic E-state index is 0.505. The van der Waals surface area contributed by atoms with Gasteiger partial charge in [-0.1, -0.05) is 23.5 Å². The number of aromatic nitrogens is 1. The van der Waals surface area contributed by atoms with Gasteiger partial charge in [-0.2, -0.15) is 0 Å². The summed E-state index contributed by atoms with van der Waals surface area (Å²) in [5.74, 6) is 0.582. The van der Waals surface area contributed by atoms with Crippen molar-refractivity contribution in [2.24, 2.45) is 0 Å². The Labute approximate surface area is 110 Å². The van der Waals surface area contributed by atoms with Gasteiger partial charge in [-0.25, -0.2) is 4.98 Å². The van der Waals surface area contributed by atoms with Gasteiger partial charge in [0.2, 0.25) is 0 Å². The number of hydrogen-bond donors (Lipinski definition) is 2. The highest BCUT2D eigenvalue weighted by molar-refractivity contribution is 7.22. The van der Waals surface area contributed by atoms with Crippen LogP contribution in [0.25, 0.3) is 10.2 Å². The van der Waals surface area contributed by atoms with Crippen molar-refractivity contribution in [2.75, 3.05) is 5.32 Å². The molecule has 1 aromatic heterocycles. The molecule has 0 unspecified atom stereocenters. The average molecular weight is 259 g/mol. The quantitative estimate of drug-likeness (QED) is 0.493. The van der Waals surface area contributed by atoms with Crippen LogP contribution in [-0.4, -0.2) is 24.9 Å². The van der Waals surface area contributed by atoms with E-state index in [0.717, 1.165) is 29.9 Å². The molecule has 2 aromatic rings. The molecule has 0 radical (unpaired) electrons. The van der Waals surface area contributed by atoms with Crippen LogP contribution >= 0.6 is 11.3 Å². The Balaban J connectivity index is 1.56. The smallest absolute Gasteiger partial charge is 0.344 e. The molecular formula is C12H14BN3OS. The number of thiazole rings is 1. The molecule has 1 aliphatic rings. The van der Waals surface area contributed by atoms with Gasteiger partial charge in [0.1, 0.15) is 6.40 Å². The maximum Gasteiger partial charge on any atom is 0.344 e. The molecule has 0 bridgehead atoms. The molecule has 1 saturated carbocycles. The highest BCUT2D eigenvalue weighted by atomic mass is 32.1. The summed E-state index contributed by atoms with van der Waals surface area (Å²) in [4.78, 5) is 4.56. The Morgan fingerprint density at radius 3 is 3.06 bits per heavy atom. The van der Waals surface area contributed by atoms with E-state index in [9.17, 15) is 0 Å². The third-order valence-corrected chi connectivity index (χ3v) is 4.24. The first kappa shape index (κ1) is 11.5. The van der Waals surface area contributed by atoms with Gasteiger partial charge in [-0.3, -0.25) is 5.41 Å². The molecule has 0 atom stereocenters. The fourth-order valence-electron chi connectivity index (χ4n) is 2.28. The van der Waals surface area contributed by atoms with Crippen LogP contribution in [0.2, 0.25) is 5.82 Å². The topological polar surface area (TPSA) is 58.0 Å². The molecule has 0 aliphatic heterocycles. The van der Waals surface area contributed by atoms with E-state index < -0.39 is 0 Å². The van der Waals surface area contributed by atoms with Crippen LogP contribution in [0.1, 0.15) is 12.8 Å². The zero-order valence-electron chi connectivity index (χ0n) is 9.93. The molecule has 3 rings (SSSR count). The lowest BCUT2D eigenvalue weighted by Gasteiger charge is -2.34. The molecular weight excluding hydrogens is 245 g/mol. The lowest BCUT2D eigenvalue weighted by atomic mass is 9.63. The standard InChI is InChI=1S/C12H14BN3OS/c14-7-17-13-8-5-9(6-8)15-12-16-10-3-1-2-4-11(10)18-12/h1-4,7-9,13-14H,5-6H2,(H,15,16)/t8-,9-. The number of nitrogens with one attached hydrogen (secondary N) is 2. The molecule has 0 saturated heterocycles. The SMILES string of the molecule is N=COB[C@H]1C[C@H](Nc2nc3ccccc3s2)C1. The van der Waals surface area contributed by atoms with E-state index in [4.69, 9.17) is 10.1 Å². The van der Waals surface area contributed by atoms with Crippen molar-refractivity contribution in [3.63, 3.8) is 0 Å². The first-order chi connectivity index (χ1) is 8.85. The summed E-state index contributed by atoms with van der Waals surface area (Å²) >= 11 is 1.70. The Kier molecular flexibility index (Phi) is 3.19. The maximum atomic E-state index is 6.82. The van der Waals surface area contributed by atoms with Gasteiger partial charge in [0.05, 0.1) is 10.2 Å². The van der Waals surface area contributed by atoms with Crippen LogP contribution < -0.4 is 5.32 Å². The summed E-state index contributed by atoms with van der Waals surface area (Å²) in [7, 11) is 0.668. The summed E-state index contributed by atoms with van der Waals surface area (Å²) in [6.45, 7) is 0. The molecule has 6 heteroatoms. The molecule has 0 spiro atoms. The van der Waals surface area contributed by atoms with Gasteiger partial charge in [-0.15, -0.1) is 0 Å². The van der Waals surface area contributed by atoms with Gasteiger partial charge in [0, 0.05) is 6.04 Å². The molecule has 2 N–H and O–H groups in total. The normalized spacial score (nSPS) is 22.2. The van der Waals surface area contributed by atoms with Crippen molar-refractivity contribution >= 4 is 40.6 Å². The summed E-state index contributed by atoms with van der Waals surface area (Å²) < 4.78 is 6.21. The van der Waals surface area contributed by atoms with E-state index >= 15 is 0 Å². The second-order valence-corrected chi connectivity index (χ2v) is 5.65. The van der Waals surface area contributed by atoms with E-state index in [1.165, 1.54) is 4.70 Å². The predicted octanol–water partition coefficient (Wildman–Crippen LogP) is 2.63. The third-order valence-electron chi connectivity index (χ3n) is 3.27. The van der Waals surface area contributed by atoms with Crippen LogP contribution in [0.15, 0.2) is 24.3 Å². The number of hydrogen-bond acceptors (Lipinski definition) is 5. The van der Waals surface area contributed by atoms with Crippen LogP contribution in [0, 0.1) is 5.41 Å². The Hall–Kier alpha value is -1.56. The van der Waals surface area contributed by atoms with Crippen molar-refractivity contribution in [3.8, 4) is 0 Å². The fraction of sp³-hybridized carbons (Fsp3) is 0.333. The summed E-state index contributed by atoms with van der Waals surface area (Å²) in [6.07, 6.45) is 3.22. The molecule has 1 heterocycles. The van der Waals surface area contributed by atoms with E-state index in [0.29, 0.717) is 19.3 Å². The number of para-hydroxylation sites is 1. The summed E-state index contributed by atoms with van der Waals surface area (Å²) in [5, 5.41) is 11.3. The number of rotatable bonds is 5. The van der Waals surface area contributed by atoms with Gasteiger partial charge >= 0.3 is 7.48 Å². The minimum Gasteiger partial charge on any atom is -0.557 e. The van der Waals surface area contributed by atoms with Gasteiger partial charge in [-0.05, 0) is 30.8 Å². The Bertz CT molecular complexity index is 520. The van der Waals surface area contributed by atoms with Gasteiger partial charge in [0.15, 0.2) is 5.13 Å². The first-order valence-corrected chi connectivity index (χ1v) is 6.89.